The fourth-order valence-corrected chi connectivity index (χ4v) is 3.64. The standard InChI is InChI=1S/C21H21ClN2O4/c22-15-5-6-16(21(26)24-9-1-2-10-24)17(12-15)23-20(25)8-4-14-3-7-18-19(11-14)28-13-27-18/h3,5-7,11-12H,1-2,4,8-10,13H2,(H,23,25). The van der Waals surface area contributed by atoms with Crippen molar-refractivity contribution in [3.8, 4) is 11.5 Å². The molecule has 1 fully saturated rings. The molecule has 0 unspecified atom stereocenters. The number of amides is 2. The Kier molecular flexibility index (Phi) is 5.39. The number of halogens is 1. The predicted octanol–water partition coefficient (Wildman–Crippen LogP) is 3.88. The average Bonchev–Trinajstić information content (AvgIpc) is 3.37. The van der Waals surface area contributed by atoms with Crippen LogP contribution in [0.4, 0.5) is 5.69 Å². The highest BCUT2D eigenvalue weighted by Gasteiger charge is 2.23. The molecular formula is C21H21ClN2O4. The maximum Gasteiger partial charge on any atom is 0.255 e. The smallest absolute Gasteiger partial charge is 0.255 e. The van der Waals surface area contributed by atoms with Crippen molar-refractivity contribution in [2.75, 3.05) is 25.2 Å². The van der Waals surface area contributed by atoms with Gasteiger partial charge >= 0.3 is 0 Å². The first-order valence-corrected chi connectivity index (χ1v) is 9.75. The lowest BCUT2D eigenvalue weighted by Gasteiger charge is -2.18. The molecular weight excluding hydrogens is 380 g/mol. The van der Waals surface area contributed by atoms with Crippen molar-refractivity contribution < 1.29 is 19.1 Å². The fourth-order valence-electron chi connectivity index (χ4n) is 3.46. The number of fused-ring (bicyclic) bond motifs is 1. The molecule has 2 aromatic carbocycles. The van der Waals surface area contributed by atoms with E-state index in [2.05, 4.69) is 5.32 Å². The van der Waals surface area contributed by atoms with E-state index in [0.717, 1.165) is 37.2 Å². The number of benzene rings is 2. The average molecular weight is 401 g/mol. The number of nitrogens with one attached hydrogen (secondary N) is 1. The highest BCUT2D eigenvalue weighted by molar-refractivity contribution is 6.31. The van der Waals surface area contributed by atoms with Crippen LogP contribution in [-0.4, -0.2) is 36.6 Å². The summed E-state index contributed by atoms with van der Waals surface area (Å²) in [4.78, 5) is 27.1. The van der Waals surface area contributed by atoms with Crippen molar-refractivity contribution in [2.24, 2.45) is 0 Å². The molecule has 0 radical (unpaired) electrons. The Labute approximate surface area is 168 Å². The summed E-state index contributed by atoms with van der Waals surface area (Å²) in [6, 6.07) is 10.6. The molecule has 0 aliphatic carbocycles. The van der Waals surface area contributed by atoms with E-state index in [4.69, 9.17) is 21.1 Å². The normalized spacial score (nSPS) is 15.0. The van der Waals surface area contributed by atoms with E-state index >= 15 is 0 Å². The largest absolute Gasteiger partial charge is 0.454 e. The second kappa shape index (κ2) is 8.10. The molecule has 4 rings (SSSR count). The van der Waals surface area contributed by atoms with E-state index in [0.29, 0.717) is 28.4 Å². The molecule has 0 atom stereocenters. The summed E-state index contributed by atoms with van der Waals surface area (Å²) in [7, 11) is 0. The molecule has 2 amide bonds. The lowest BCUT2D eigenvalue weighted by atomic mass is 10.1. The Morgan fingerprint density at radius 2 is 1.82 bits per heavy atom. The van der Waals surface area contributed by atoms with Gasteiger partial charge in [-0.2, -0.15) is 0 Å². The molecule has 1 saturated heterocycles. The van der Waals surface area contributed by atoms with Crippen LogP contribution in [-0.2, 0) is 11.2 Å². The minimum Gasteiger partial charge on any atom is -0.454 e. The van der Waals surface area contributed by atoms with Gasteiger partial charge in [-0.3, -0.25) is 9.59 Å². The molecule has 7 heteroatoms. The van der Waals surface area contributed by atoms with E-state index in [1.807, 2.05) is 23.1 Å². The van der Waals surface area contributed by atoms with Gasteiger partial charge in [0.1, 0.15) is 0 Å². The summed E-state index contributed by atoms with van der Waals surface area (Å²) in [6.45, 7) is 1.72. The maximum absolute atomic E-state index is 12.8. The van der Waals surface area contributed by atoms with Gasteiger partial charge in [0.05, 0.1) is 11.3 Å². The summed E-state index contributed by atoms with van der Waals surface area (Å²) < 4.78 is 10.7. The van der Waals surface area contributed by atoms with Gasteiger partial charge in [-0.1, -0.05) is 17.7 Å². The molecule has 28 heavy (non-hydrogen) atoms. The van der Waals surface area contributed by atoms with Crippen LogP contribution in [0.1, 0.15) is 35.2 Å². The highest BCUT2D eigenvalue weighted by atomic mass is 35.5. The van der Waals surface area contributed by atoms with Crippen molar-refractivity contribution in [3.63, 3.8) is 0 Å². The minimum atomic E-state index is -0.171. The summed E-state index contributed by atoms with van der Waals surface area (Å²) in [5.74, 6) is 1.18. The molecule has 2 aliphatic heterocycles. The Balaban J connectivity index is 1.42. The number of anilines is 1. The Morgan fingerprint density at radius 1 is 1.04 bits per heavy atom. The van der Waals surface area contributed by atoms with Crippen molar-refractivity contribution >= 4 is 29.1 Å². The van der Waals surface area contributed by atoms with Gasteiger partial charge in [0.25, 0.3) is 5.91 Å². The number of ether oxygens (including phenoxy) is 2. The van der Waals surface area contributed by atoms with E-state index in [-0.39, 0.29) is 25.0 Å². The number of hydrogen-bond acceptors (Lipinski definition) is 4. The zero-order valence-electron chi connectivity index (χ0n) is 15.4. The molecule has 0 bridgehead atoms. The van der Waals surface area contributed by atoms with Crippen LogP contribution in [0.5, 0.6) is 11.5 Å². The highest BCUT2D eigenvalue weighted by Crippen LogP contribution is 2.33. The molecule has 2 heterocycles. The summed E-state index contributed by atoms with van der Waals surface area (Å²) >= 11 is 6.09. The lowest BCUT2D eigenvalue weighted by Crippen LogP contribution is -2.28. The molecule has 146 valence electrons. The van der Waals surface area contributed by atoms with Crippen molar-refractivity contribution in [1.82, 2.24) is 4.90 Å². The third-order valence-electron chi connectivity index (χ3n) is 4.96. The fraction of sp³-hybridized carbons (Fsp3) is 0.333. The first-order valence-electron chi connectivity index (χ1n) is 9.37. The predicted molar refractivity (Wildman–Crippen MR) is 106 cm³/mol. The van der Waals surface area contributed by atoms with Crippen LogP contribution >= 0.6 is 11.6 Å². The number of nitrogens with zero attached hydrogens (tertiary/aromatic N) is 1. The van der Waals surface area contributed by atoms with Crippen LogP contribution < -0.4 is 14.8 Å². The Morgan fingerprint density at radius 3 is 2.64 bits per heavy atom. The van der Waals surface area contributed by atoms with Gasteiger partial charge in [0.15, 0.2) is 11.5 Å². The van der Waals surface area contributed by atoms with Gasteiger partial charge in [0.2, 0.25) is 12.7 Å². The van der Waals surface area contributed by atoms with Gasteiger partial charge < -0.3 is 19.7 Å². The monoisotopic (exact) mass is 400 g/mol. The van der Waals surface area contributed by atoms with Crippen LogP contribution in [0.15, 0.2) is 36.4 Å². The molecule has 6 nitrogen and oxygen atoms in total. The van der Waals surface area contributed by atoms with Gasteiger partial charge in [0, 0.05) is 24.5 Å². The van der Waals surface area contributed by atoms with Crippen molar-refractivity contribution in [2.45, 2.75) is 25.7 Å². The number of aryl methyl sites for hydroxylation is 1. The summed E-state index contributed by atoms with van der Waals surface area (Å²) in [5, 5.41) is 3.33. The second-order valence-corrected chi connectivity index (χ2v) is 7.36. The van der Waals surface area contributed by atoms with Crippen LogP contribution in [0.25, 0.3) is 0 Å². The zero-order valence-corrected chi connectivity index (χ0v) is 16.1. The van der Waals surface area contributed by atoms with Gasteiger partial charge in [-0.15, -0.1) is 0 Å². The Bertz CT molecular complexity index is 909. The van der Waals surface area contributed by atoms with E-state index < -0.39 is 0 Å². The lowest BCUT2D eigenvalue weighted by molar-refractivity contribution is -0.116. The molecule has 0 aromatic heterocycles. The van der Waals surface area contributed by atoms with Crippen LogP contribution in [0.3, 0.4) is 0 Å². The van der Waals surface area contributed by atoms with Crippen molar-refractivity contribution in [1.29, 1.82) is 0 Å². The molecule has 2 aliphatic rings. The van der Waals surface area contributed by atoms with Gasteiger partial charge in [-0.05, 0) is 55.2 Å². The third kappa shape index (κ3) is 4.07. The zero-order chi connectivity index (χ0) is 19.5. The quantitative estimate of drug-likeness (QED) is 0.827. The summed E-state index contributed by atoms with van der Waals surface area (Å²) in [6.07, 6.45) is 2.86. The van der Waals surface area contributed by atoms with E-state index in [1.54, 1.807) is 18.2 Å². The second-order valence-electron chi connectivity index (χ2n) is 6.93. The number of carbonyl (C=O) groups is 2. The molecule has 1 N–H and O–H groups in total. The van der Waals surface area contributed by atoms with Gasteiger partial charge in [-0.25, -0.2) is 0 Å². The first kappa shape index (κ1) is 18.6. The number of likely N-dealkylation sites (tertiary alicyclic amines) is 1. The molecule has 0 saturated carbocycles. The number of carbonyl (C=O) groups excluding carboxylic acids is 2. The maximum atomic E-state index is 12.8. The van der Waals surface area contributed by atoms with E-state index in [9.17, 15) is 9.59 Å². The SMILES string of the molecule is O=C(CCc1ccc2c(c1)OCO2)Nc1cc(Cl)ccc1C(=O)N1CCCC1. The number of hydrogen-bond donors (Lipinski definition) is 1. The first-order chi connectivity index (χ1) is 13.6. The molecule has 2 aromatic rings. The number of rotatable bonds is 5. The topological polar surface area (TPSA) is 67.9 Å². The third-order valence-corrected chi connectivity index (χ3v) is 5.19. The molecule has 0 spiro atoms. The van der Waals surface area contributed by atoms with Crippen LogP contribution in [0, 0.1) is 0 Å². The summed E-state index contributed by atoms with van der Waals surface area (Å²) in [5.41, 5.74) is 1.92. The minimum absolute atomic E-state index is 0.0692. The Hall–Kier alpha value is -2.73. The van der Waals surface area contributed by atoms with Crippen molar-refractivity contribution in [3.05, 3.63) is 52.5 Å². The van der Waals surface area contributed by atoms with Crippen LogP contribution in [0.2, 0.25) is 5.02 Å². The van der Waals surface area contributed by atoms with E-state index in [1.165, 1.54) is 0 Å².